The Balaban J connectivity index is 2.03. The standard InChI is InChI=1S/C13H10BNOS/c14-16-11-7-3-1-5-9(11)13-15-10-6-2-4-8-12(10)17-13/h1-9,11H. The van der Waals surface area contributed by atoms with Gasteiger partial charge in [-0.1, -0.05) is 36.4 Å². The number of nitrogens with zero attached hydrogens (tertiary/aromatic N) is 1. The topological polar surface area (TPSA) is 22.1 Å². The molecule has 1 aliphatic carbocycles. The molecule has 2 nitrogen and oxygen atoms in total. The van der Waals surface area contributed by atoms with Crippen molar-refractivity contribution in [1.29, 1.82) is 0 Å². The molecular weight excluding hydrogens is 229 g/mol. The van der Waals surface area contributed by atoms with Crippen molar-refractivity contribution >= 4 is 29.6 Å². The zero-order chi connectivity index (χ0) is 11.7. The Bertz CT molecular complexity index is 557. The van der Waals surface area contributed by atoms with E-state index in [0.717, 1.165) is 10.5 Å². The smallest absolute Gasteiger partial charge is 0.283 e. The van der Waals surface area contributed by atoms with E-state index < -0.39 is 0 Å². The molecule has 0 N–H and O–H groups in total. The second-order valence-electron chi connectivity index (χ2n) is 3.92. The van der Waals surface area contributed by atoms with Crippen molar-refractivity contribution in [1.82, 2.24) is 4.98 Å². The van der Waals surface area contributed by atoms with E-state index in [1.165, 1.54) is 4.70 Å². The minimum atomic E-state index is -0.124. The Labute approximate surface area is 105 Å². The van der Waals surface area contributed by atoms with Gasteiger partial charge in [0.15, 0.2) is 0 Å². The largest absolute Gasteiger partial charge is 0.441 e. The van der Waals surface area contributed by atoms with Crippen LogP contribution in [-0.2, 0) is 4.65 Å². The van der Waals surface area contributed by atoms with Gasteiger partial charge in [-0.05, 0) is 12.1 Å². The van der Waals surface area contributed by atoms with Gasteiger partial charge in [-0.2, -0.15) is 0 Å². The summed E-state index contributed by atoms with van der Waals surface area (Å²) in [6, 6.07) is 8.13. The summed E-state index contributed by atoms with van der Waals surface area (Å²) < 4.78 is 6.18. The first kappa shape index (κ1) is 10.7. The molecule has 2 radical (unpaired) electrons. The summed E-state index contributed by atoms with van der Waals surface area (Å²) in [5.74, 6) is 0.113. The van der Waals surface area contributed by atoms with Crippen LogP contribution in [0.4, 0.5) is 0 Å². The molecule has 2 atom stereocenters. The Hall–Kier alpha value is -1.39. The fourth-order valence-electron chi connectivity index (χ4n) is 1.97. The number of aromatic nitrogens is 1. The molecule has 0 spiro atoms. The number of fused-ring (bicyclic) bond motifs is 1. The van der Waals surface area contributed by atoms with Gasteiger partial charge in [-0.15, -0.1) is 11.3 Å². The fraction of sp³-hybridized carbons (Fsp3) is 0.154. The lowest BCUT2D eigenvalue weighted by Gasteiger charge is -2.21. The lowest BCUT2D eigenvalue weighted by atomic mass is 9.98. The van der Waals surface area contributed by atoms with Gasteiger partial charge in [0.1, 0.15) is 5.01 Å². The molecule has 1 aromatic carbocycles. The summed E-state index contributed by atoms with van der Waals surface area (Å²) in [7, 11) is 5.32. The molecule has 1 aromatic heterocycles. The van der Waals surface area contributed by atoms with Gasteiger partial charge in [-0.25, -0.2) is 4.98 Å². The zero-order valence-electron chi connectivity index (χ0n) is 9.11. The van der Waals surface area contributed by atoms with Crippen LogP contribution in [0.1, 0.15) is 10.9 Å². The van der Waals surface area contributed by atoms with Gasteiger partial charge in [0.05, 0.1) is 22.2 Å². The van der Waals surface area contributed by atoms with Gasteiger partial charge in [0.2, 0.25) is 0 Å². The second kappa shape index (κ2) is 4.47. The zero-order valence-corrected chi connectivity index (χ0v) is 9.93. The number of hydrogen-bond acceptors (Lipinski definition) is 3. The second-order valence-corrected chi connectivity index (χ2v) is 4.98. The lowest BCUT2D eigenvalue weighted by molar-refractivity contribution is 0.254. The number of rotatable bonds is 2. The Kier molecular flexibility index (Phi) is 2.83. The van der Waals surface area contributed by atoms with E-state index in [-0.39, 0.29) is 12.0 Å². The molecule has 0 amide bonds. The van der Waals surface area contributed by atoms with E-state index in [4.69, 9.17) is 12.7 Å². The Morgan fingerprint density at radius 2 is 2.00 bits per heavy atom. The minimum absolute atomic E-state index is 0.113. The molecule has 17 heavy (non-hydrogen) atoms. The summed E-state index contributed by atoms with van der Waals surface area (Å²) in [6.07, 6.45) is 7.86. The molecule has 1 aliphatic rings. The van der Waals surface area contributed by atoms with Crippen LogP contribution >= 0.6 is 11.3 Å². The van der Waals surface area contributed by atoms with Crippen molar-refractivity contribution in [2.45, 2.75) is 12.0 Å². The number of benzene rings is 1. The maximum atomic E-state index is 5.32. The third-order valence-electron chi connectivity index (χ3n) is 2.84. The van der Waals surface area contributed by atoms with E-state index in [9.17, 15) is 0 Å². The molecular formula is C13H10BNOS. The highest BCUT2D eigenvalue weighted by Crippen LogP contribution is 2.32. The SMILES string of the molecule is [B]OC1C=CC=CC1c1nc2ccccc2s1. The van der Waals surface area contributed by atoms with Crippen molar-refractivity contribution in [3.63, 3.8) is 0 Å². The average molecular weight is 239 g/mol. The van der Waals surface area contributed by atoms with Crippen LogP contribution in [-0.4, -0.2) is 19.1 Å². The molecule has 82 valence electrons. The van der Waals surface area contributed by atoms with Crippen LogP contribution < -0.4 is 0 Å². The average Bonchev–Trinajstić information content (AvgIpc) is 2.82. The molecule has 2 unspecified atom stereocenters. The minimum Gasteiger partial charge on any atom is -0.441 e. The van der Waals surface area contributed by atoms with E-state index in [0.29, 0.717) is 0 Å². The molecule has 0 fully saturated rings. The van der Waals surface area contributed by atoms with Crippen LogP contribution in [0.3, 0.4) is 0 Å². The molecule has 0 aliphatic heterocycles. The van der Waals surface area contributed by atoms with E-state index >= 15 is 0 Å². The molecule has 4 heteroatoms. The van der Waals surface area contributed by atoms with Crippen molar-refractivity contribution in [3.05, 3.63) is 53.6 Å². The predicted octanol–water partition coefficient (Wildman–Crippen LogP) is 2.97. The van der Waals surface area contributed by atoms with Crippen LogP contribution in [0.2, 0.25) is 0 Å². The van der Waals surface area contributed by atoms with E-state index in [2.05, 4.69) is 17.1 Å². The van der Waals surface area contributed by atoms with Gasteiger partial charge >= 0.3 is 0 Å². The molecule has 0 saturated heterocycles. The van der Waals surface area contributed by atoms with E-state index in [1.54, 1.807) is 11.3 Å². The maximum Gasteiger partial charge on any atom is 0.283 e. The summed E-state index contributed by atoms with van der Waals surface area (Å²) in [5.41, 5.74) is 1.03. The third-order valence-corrected chi connectivity index (χ3v) is 3.97. The molecule has 1 heterocycles. The van der Waals surface area contributed by atoms with Crippen LogP contribution in [0.15, 0.2) is 48.6 Å². The first-order chi connectivity index (χ1) is 8.38. The summed E-state index contributed by atoms with van der Waals surface area (Å²) in [6.45, 7) is 0. The quantitative estimate of drug-likeness (QED) is 0.751. The summed E-state index contributed by atoms with van der Waals surface area (Å²) in [4.78, 5) is 4.63. The number of thiazole rings is 1. The number of para-hydroxylation sites is 1. The van der Waals surface area contributed by atoms with Gasteiger partial charge in [0.25, 0.3) is 8.05 Å². The Morgan fingerprint density at radius 3 is 2.82 bits per heavy atom. The third kappa shape index (κ3) is 1.94. The highest BCUT2D eigenvalue weighted by molar-refractivity contribution is 7.18. The first-order valence-corrected chi connectivity index (χ1v) is 6.26. The van der Waals surface area contributed by atoms with E-state index in [1.807, 2.05) is 36.4 Å². The Morgan fingerprint density at radius 1 is 1.18 bits per heavy atom. The maximum absolute atomic E-state index is 5.32. The molecule has 2 aromatic rings. The molecule has 0 bridgehead atoms. The number of allylic oxidation sites excluding steroid dienone is 2. The van der Waals surface area contributed by atoms with Gasteiger partial charge < -0.3 is 4.65 Å². The highest BCUT2D eigenvalue weighted by atomic mass is 32.1. The van der Waals surface area contributed by atoms with Crippen molar-refractivity contribution in [2.75, 3.05) is 0 Å². The van der Waals surface area contributed by atoms with Gasteiger partial charge in [0, 0.05) is 0 Å². The molecule has 0 saturated carbocycles. The van der Waals surface area contributed by atoms with Crippen LogP contribution in [0.25, 0.3) is 10.2 Å². The van der Waals surface area contributed by atoms with Gasteiger partial charge in [-0.3, -0.25) is 0 Å². The summed E-state index contributed by atoms with van der Waals surface area (Å²) in [5, 5.41) is 1.04. The molecule has 3 rings (SSSR count). The monoisotopic (exact) mass is 239 g/mol. The lowest BCUT2D eigenvalue weighted by Crippen LogP contribution is -2.19. The normalized spacial score (nSPS) is 23.3. The van der Waals surface area contributed by atoms with Crippen LogP contribution in [0.5, 0.6) is 0 Å². The van der Waals surface area contributed by atoms with Crippen molar-refractivity contribution < 1.29 is 4.65 Å². The van der Waals surface area contributed by atoms with Crippen molar-refractivity contribution in [3.8, 4) is 0 Å². The number of hydrogen-bond donors (Lipinski definition) is 0. The highest BCUT2D eigenvalue weighted by Gasteiger charge is 2.22. The van der Waals surface area contributed by atoms with Crippen LogP contribution in [0, 0.1) is 0 Å². The predicted molar refractivity (Wildman–Crippen MR) is 71.3 cm³/mol. The van der Waals surface area contributed by atoms with Crippen molar-refractivity contribution in [2.24, 2.45) is 0 Å². The first-order valence-electron chi connectivity index (χ1n) is 5.44. The fourth-order valence-corrected chi connectivity index (χ4v) is 3.06. The summed E-state index contributed by atoms with van der Waals surface area (Å²) >= 11 is 1.69.